The average Bonchev–Trinajstić information content (AvgIpc) is 3.23. The Morgan fingerprint density at radius 2 is 1.73 bits per heavy atom. The van der Waals surface area contributed by atoms with Crippen molar-refractivity contribution in [3.63, 3.8) is 0 Å². The van der Waals surface area contributed by atoms with E-state index >= 15 is 0 Å². The number of furan rings is 1. The van der Waals surface area contributed by atoms with Gasteiger partial charge in [-0.05, 0) is 54.6 Å². The third kappa shape index (κ3) is 5.05. The first-order chi connectivity index (χ1) is 15.7. The Hall–Kier alpha value is -3.69. The molecule has 0 radical (unpaired) electrons. The molecule has 0 saturated heterocycles. The summed E-state index contributed by atoms with van der Waals surface area (Å²) in [6.07, 6.45) is 0. The Kier molecular flexibility index (Phi) is 6.17. The Morgan fingerprint density at radius 3 is 2.45 bits per heavy atom. The summed E-state index contributed by atoms with van der Waals surface area (Å²) in [5.74, 6) is -2.05. The molecule has 168 valence electrons. The summed E-state index contributed by atoms with van der Waals surface area (Å²) >= 11 is 6.04. The smallest absolute Gasteiger partial charge is 0.340 e. The first-order valence-electron chi connectivity index (χ1n) is 9.50. The van der Waals surface area contributed by atoms with Crippen LogP contribution in [0, 0.1) is 5.82 Å². The first kappa shape index (κ1) is 22.5. The van der Waals surface area contributed by atoms with Crippen LogP contribution >= 0.6 is 11.6 Å². The van der Waals surface area contributed by atoms with Gasteiger partial charge in [0.1, 0.15) is 11.4 Å². The van der Waals surface area contributed by atoms with Crippen molar-refractivity contribution in [1.82, 2.24) is 0 Å². The maximum absolute atomic E-state index is 13.0. The molecule has 0 saturated carbocycles. The number of halogens is 2. The largest absolute Gasteiger partial charge is 0.454 e. The second-order valence-electron chi connectivity index (χ2n) is 6.90. The van der Waals surface area contributed by atoms with Gasteiger partial charge in [-0.25, -0.2) is 17.6 Å². The van der Waals surface area contributed by atoms with Crippen molar-refractivity contribution < 1.29 is 31.6 Å². The van der Waals surface area contributed by atoms with Crippen molar-refractivity contribution in [3.8, 4) is 0 Å². The van der Waals surface area contributed by atoms with E-state index in [4.69, 9.17) is 20.8 Å². The van der Waals surface area contributed by atoms with Crippen LogP contribution in [0.3, 0.4) is 0 Å². The normalized spacial score (nSPS) is 11.3. The van der Waals surface area contributed by atoms with Gasteiger partial charge in [0.15, 0.2) is 12.4 Å². The number of anilines is 1. The summed E-state index contributed by atoms with van der Waals surface area (Å²) in [7, 11) is -4.11. The minimum absolute atomic E-state index is 0.0231. The Bertz CT molecular complexity index is 1430. The van der Waals surface area contributed by atoms with Gasteiger partial charge in [0.05, 0.1) is 15.5 Å². The van der Waals surface area contributed by atoms with Crippen LogP contribution in [0.5, 0.6) is 0 Å². The van der Waals surface area contributed by atoms with E-state index in [0.29, 0.717) is 5.58 Å². The standard InChI is InChI=1S/C23H15ClFNO6S/c24-19-10-9-17(33(29,30)26-16-7-5-15(25)6-8-16)12-18(19)23(28)31-13-20(27)22-11-14-3-1-2-4-21(14)32-22/h1-12,26H,13H2. The summed E-state index contributed by atoms with van der Waals surface area (Å²) in [4.78, 5) is 24.6. The van der Waals surface area contributed by atoms with Crippen LogP contribution in [0.25, 0.3) is 11.0 Å². The highest BCUT2D eigenvalue weighted by molar-refractivity contribution is 7.92. The van der Waals surface area contributed by atoms with Crippen molar-refractivity contribution in [2.45, 2.75) is 4.90 Å². The quantitative estimate of drug-likeness (QED) is 0.288. The van der Waals surface area contributed by atoms with E-state index in [2.05, 4.69) is 4.72 Å². The van der Waals surface area contributed by atoms with E-state index in [1.54, 1.807) is 24.3 Å². The van der Waals surface area contributed by atoms with Crippen LogP contribution in [0.2, 0.25) is 5.02 Å². The number of ether oxygens (including phenoxy) is 1. The summed E-state index contributed by atoms with van der Waals surface area (Å²) in [5, 5.41) is 0.665. The fraction of sp³-hybridized carbons (Fsp3) is 0.0435. The van der Waals surface area contributed by atoms with E-state index in [1.165, 1.54) is 30.3 Å². The molecule has 0 spiro atoms. The number of carbonyl (C=O) groups excluding carboxylic acids is 2. The summed E-state index contributed by atoms with van der Waals surface area (Å²) in [5.41, 5.74) is 0.407. The van der Waals surface area contributed by atoms with Gasteiger partial charge < -0.3 is 9.15 Å². The Morgan fingerprint density at radius 1 is 1.00 bits per heavy atom. The van der Waals surface area contributed by atoms with Gasteiger partial charge in [0, 0.05) is 11.1 Å². The predicted octanol–water partition coefficient (Wildman–Crippen LogP) is 5.07. The number of Topliss-reactive ketones (excluding diaryl/α,β-unsaturated/α-hetero) is 1. The summed E-state index contributed by atoms with van der Waals surface area (Å²) in [6, 6.07) is 16.7. The number of hydrogen-bond acceptors (Lipinski definition) is 6. The van der Waals surface area contributed by atoms with Crippen molar-refractivity contribution >= 4 is 50.0 Å². The van der Waals surface area contributed by atoms with E-state index in [9.17, 15) is 22.4 Å². The van der Waals surface area contributed by atoms with E-state index in [1.807, 2.05) is 0 Å². The van der Waals surface area contributed by atoms with Crippen LogP contribution < -0.4 is 4.72 Å². The fourth-order valence-corrected chi connectivity index (χ4v) is 4.24. The zero-order valence-corrected chi connectivity index (χ0v) is 18.3. The highest BCUT2D eigenvalue weighted by Crippen LogP contribution is 2.24. The summed E-state index contributed by atoms with van der Waals surface area (Å²) in [6.45, 7) is -0.625. The number of para-hydroxylation sites is 1. The number of carbonyl (C=O) groups is 2. The molecule has 0 atom stereocenters. The molecule has 0 amide bonds. The topological polar surface area (TPSA) is 103 Å². The zero-order valence-electron chi connectivity index (χ0n) is 16.7. The molecular weight excluding hydrogens is 473 g/mol. The number of nitrogens with one attached hydrogen (secondary N) is 1. The molecule has 33 heavy (non-hydrogen) atoms. The lowest BCUT2D eigenvalue weighted by molar-refractivity contribution is 0.0468. The molecule has 7 nitrogen and oxygen atoms in total. The molecule has 0 unspecified atom stereocenters. The van der Waals surface area contributed by atoms with Crippen molar-refractivity contribution in [2.75, 3.05) is 11.3 Å². The van der Waals surface area contributed by atoms with Crippen LogP contribution in [0.4, 0.5) is 10.1 Å². The van der Waals surface area contributed by atoms with Gasteiger partial charge in [0.2, 0.25) is 5.78 Å². The number of rotatable bonds is 7. The number of ketones is 1. The maximum Gasteiger partial charge on any atom is 0.340 e. The van der Waals surface area contributed by atoms with Gasteiger partial charge >= 0.3 is 5.97 Å². The fourth-order valence-electron chi connectivity index (χ4n) is 2.96. The minimum Gasteiger partial charge on any atom is -0.454 e. The van der Waals surface area contributed by atoms with Gasteiger partial charge in [0.25, 0.3) is 10.0 Å². The number of esters is 1. The molecule has 10 heteroatoms. The van der Waals surface area contributed by atoms with E-state index in [-0.39, 0.29) is 26.9 Å². The van der Waals surface area contributed by atoms with Crippen molar-refractivity contribution in [2.24, 2.45) is 0 Å². The zero-order chi connectivity index (χ0) is 23.6. The minimum atomic E-state index is -4.11. The number of benzene rings is 3. The Labute approximate surface area is 192 Å². The summed E-state index contributed by atoms with van der Waals surface area (Å²) < 4.78 is 51.1. The second-order valence-corrected chi connectivity index (χ2v) is 8.99. The molecule has 0 bridgehead atoms. The highest BCUT2D eigenvalue weighted by Gasteiger charge is 2.21. The number of sulfonamides is 1. The molecule has 1 heterocycles. The monoisotopic (exact) mass is 487 g/mol. The van der Waals surface area contributed by atoms with Crippen molar-refractivity contribution in [1.29, 1.82) is 0 Å². The highest BCUT2D eigenvalue weighted by atomic mass is 35.5. The SMILES string of the molecule is O=C(COC(=O)c1cc(S(=O)(=O)Nc2ccc(F)cc2)ccc1Cl)c1cc2ccccc2o1. The van der Waals surface area contributed by atoms with Gasteiger partial charge in [-0.15, -0.1) is 0 Å². The molecular formula is C23H15ClFNO6S. The molecule has 1 aromatic heterocycles. The first-order valence-corrected chi connectivity index (χ1v) is 11.4. The van der Waals surface area contributed by atoms with Gasteiger partial charge in [-0.2, -0.15) is 0 Å². The van der Waals surface area contributed by atoms with Crippen LogP contribution in [-0.4, -0.2) is 26.8 Å². The molecule has 3 aromatic carbocycles. The lowest BCUT2D eigenvalue weighted by atomic mass is 10.2. The molecule has 0 aliphatic rings. The van der Waals surface area contributed by atoms with E-state index < -0.39 is 34.2 Å². The second kappa shape index (κ2) is 9.05. The lowest BCUT2D eigenvalue weighted by Gasteiger charge is -2.10. The third-order valence-electron chi connectivity index (χ3n) is 4.60. The van der Waals surface area contributed by atoms with Gasteiger partial charge in [-0.3, -0.25) is 9.52 Å². The van der Waals surface area contributed by atoms with Gasteiger partial charge in [-0.1, -0.05) is 29.8 Å². The predicted molar refractivity (Wildman–Crippen MR) is 119 cm³/mol. The number of fused-ring (bicyclic) bond motifs is 1. The molecule has 0 aliphatic heterocycles. The van der Waals surface area contributed by atoms with Crippen LogP contribution in [0.1, 0.15) is 20.9 Å². The molecule has 0 aliphatic carbocycles. The Balaban J connectivity index is 1.48. The molecule has 4 aromatic rings. The average molecular weight is 488 g/mol. The molecule has 0 fully saturated rings. The van der Waals surface area contributed by atoms with E-state index in [0.717, 1.165) is 23.6 Å². The third-order valence-corrected chi connectivity index (χ3v) is 6.31. The number of hydrogen-bond donors (Lipinski definition) is 1. The maximum atomic E-state index is 13.0. The molecule has 1 N–H and O–H groups in total. The lowest BCUT2D eigenvalue weighted by Crippen LogP contribution is -2.16. The van der Waals surface area contributed by atoms with Crippen LogP contribution in [-0.2, 0) is 14.8 Å². The van der Waals surface area contributed by atoms with Crippen LogP contribution in [0.15, 0.2) is 82.1 Å². The molecule has 4 rings (SSSR count). The van der Waals surface area contributed by atoms with Crippen molar-refractivity contribution in [3.05, 3.63) is 95.0 Å².